The molecule has 1 heterocycles. The summed E-state index contributed by atoms with van der Waals surface area (Å²) in [5.41, 5.74) is 0. The lowest BCUT2D eigenvalue weighted by atomic mass is 9.86. The monoisotopic (exact) mass is 314 g/mol. The molecule has 112 valence electrons. The normalized spacial score (nSPS) is 20.3. The van der Waals surface area contributed by atoms with E-state index in [2.05, 4.69) is 5.32 Å². The second-order valence-electron chi connectivity index (χ2n) is 5.95. The summed E-state index contributed by atoms with van der Waals surface area (Å²) in [6, 6.07) is 2.35. The Balaban J connectivity index is 1.70. The second-order valence-corrected chi connectivity index (χ2v) is 8.96. The number of thiophene rings is 1. The van der Waals surface area contributed by atoms with Crippen LogP contribution in [-0.4, -0.2) is 32.4 Å². The molecule has 20 heavy (non-hydrogen) atoms. The van der Waals surface area contributed by atoms with Crippen LogP contribution < -0.4 is 5.32 Å². The molecule has 0 aromatic carbocycles. The maximum atomic E-state index is 12.7. The first-order chi connectivity index (χ1) is 9.57. The zero-order valence-electron chi connectivity index (χ0n) is 11.8. The number of nitrogens with zero attached hydrogens (tertiary/aromatic N) is 1. The van der Waals surface area contributed by atoms with Crippen molar-refractivity contribution in [2.75, 3.05) is 13.6 Å². The molecule has 0 bridgehead atoms. The highest BCUT2D eigenvalue weighted by Gasteiger charge is 2.29. The summed E-state index contributed by atoms with van der Waals surface area (Å²) in [5, 5.41) is 5.28. The largest absolute Gasteiger partial charge is 0.309 e. The van der Waals surface area contributed by atoms with Gasteiger partial charge in [-0.2, -0.15) is 0 Å². The van der Waals surface area contributed by atoms with Gasteiger partial charge in [0.15, 0.2) is 0 Å². The van der Waals surface area contributed by atoms with Crippen molar-refractivity contribution in [3.63, 3.8) is 0 Å². The SMILES string of the molecule is CN(CC1CCC1)S(=O)(=O)c1ccsc1CNC1CC1. The smallest absolute Gasteiger partial charge is 0.243 e. The van der Waals surface area contributed by atoms with E-state index in [-0.39, 0.29) is 0 Å². The number of hydrogen-bond donors (Lipinski definition) is 1. The minimum Gasteiger partial charge on any atom is -0.309 e. The van der Waals surface area contributed by atoms with Gasteiger partial charge in [-0.1, -0.05) is 6.42 Å². The third-order valence-electron chi connectivity index (χ3n) is 4.26. The zero-order valence-corrected chi connectivity index (χ0v) is 13.5. The van der Waals surface area contributed by atoms with Gasteiger partial charge in [0.2, 0.25) is 10.0 Å². The van der Waals surface area contributed by atoms with Gasteiger partial charge in [-0.3, -0.25) is 0 Å². The molecule has 3 rings (SSSR count). The van der Waals surface area contributed by atoms with Crippen LogP contribution in [0.4, 0.5) is 0 Å². The number of sulfonamides is 1. The zero-order chi connectivity index (χ0) is 14.2. The van der Waals surface area contributed by atoms with Crippen molar-refractivity contribution in [3.8, 4) is 0 Å². The Morgan fingerprint density at radius 3 is 2.70 bits per heavy atom. The van der Waals surface area contributed by atoms with E-state index >= 15 is 0 Å². The molecule has 0 amide bonds. The molecule has 1 aromatic rings. The minimum atomic E-state index is -3.32. The van der Waals surface area contributed by atoms with Crippen molar-refractivity contribution >= 4 is 21.4 Å². The van der Waals surface area contributed by atoms with Crippen molar-refractivity contribution < 1.29 is 8.42 Å². The molecule has 1 N–H and O–H groups in total. The first kappa shape index (κ1) is 14.5. The topological polar surface area (TPSA) is 49.4 Å². The first-order valence-corrected chi connectivity index (χ1v) is 9.65. The fourth-order valence-corrected chi connectivity index (χ4v) is 5.13. The van der Waals surface area contributed by atoms with E-state index < -0.39 is 10.0 Å². The molecule has 2 aliphatic rings. The van der Waals surface area contributed by atoms with Crippen LogP contribution in [0.15, 0.2) is 16.3 Å². The van der Waals surface area contributed by atoms with E-state index in [1.165, 1.54) is 43.4 Å². The van der Waals surface area contributed by atoms with Gasteiger partial charge < -0.3 is 5.32 Å². The predicted molar refractivity (Wildman–Crippen MR) is 81.3 cm³/mol. The molecular weight excluding hydrogens is 292 g/mol. The van der Waals surface area contributed by atoms with Crippen molar-refractivity contribution in [2.45, 2.75) is 49.6 Å². The Hall–Kier alpha value is -0.430. The lowest BCUT2D eigenvalue weighted by molar-refractivity contribution is 0.263. The summed E-state index contributed by atoms with van der Waals surface area (Å²) in [6.45, 7) is 1.34. The molecule has 0 radical (unpaired) electrons. The Labute approximate surface area is 125 Å². The quantitative estimate of drug-likeness (QED) is 0.841. The summed E-state index contributed by atoms with van der Waals surface area (Å²) in [7, 11) is -1.61. The highest BCUT2D eigenvalue weighted by Crippen LogP contribution is 2.30. The van der Waals surface area contributed by atoms with Crippen LogP contribution in [-0.2, 0) is 16.6 Å². The molecule has 2 saturated carbocycles. The Morgan fingerprint density at radius 2 is 2.10 bits per heavy atom. The van der Waals surface area contributed by atoms with Crippen LogP contribution in [0.5, 0.6) is 0 Å². The third-order valence-corrected chi connectivity index (χ3v) is 7.22. The van der Waals surface area contributed by atoms with E-state index in [1.807, 2.05) is 5.38 Å². The Morgan fingerprint density at radius 1 is 1.35 bits per heavy atom. The first-order valence-electron chi connectivity index (χ1n) is 7.33. The van der Waals surface area contributed by atoms with Crippen LogP contribution in [0.2, 0.25) is 0 Å². The van der Waals surface area contributed by atoms with Gasteiger partial charge in [0.05, 0.1) is 4.90 Å². The average molecular weight is 314 g/mol. The fourth-order valence-electron chi connectivity index (χ4n) is 2.52. The van der Waals surface area contributed by atoms with E-state index in [0.29, 0.717) is 29.9 Å². The van der Waals surface area contributed by atoms with Crippen LogP contribution in [0.1, 0.15) is 37.0 Å². The Kier molecular flexibility index (Phi) is 4.17. The number of rotatable bonds is 7. The summed E-state index contributed by atoms with van der Waals surface area (Å²) in [4.78, 5) is 1.44. The molecule has 0 unspecified atom stereocenters. The summed E-state index contributed by atoms with van der Waals surface area (Å²) >= 11 is 1.53. The maximum absolute atomic E-state index is 12.7. The third kappa shape index (κ3) is 3.08. The predicted octanol–water partition coefficient (Wildman–Crippen LogP) is 2.42. The van der Waals surface area contributed by atoms with Gasteiger partial charge >= 0.3 is 0 Å². The van der Waals surface area contributed by atoms with Gasteiger partial charge in [-0.05, 0) is 43.0 Å². The van der Waals surface area contributed by atoms with Crippen molar-refractivity contribution in [1.82, 2.24) is 9.62 Å². The molecule has 0 aliphatic heterocycles. The fraction of sp³-hybridized carbons (Fsp3) is 0.714. The molecule has 6 heteroatoms. The van der Waals surface area contributed by atoms with E-state index in [0.717, 1.165) is 4.88 Å². The highest BCUT2D eigenvalue weighted by molar-refractivity contribution is 7.89. The molecule has 2 fully saturated rings. The van der Waals surface area contributed by atoms with Gasteiger partial charge in [0.25, 0.3) is 0 Å². The molecule has 4 nitrogen and oxygen atoms in total. The highest BCUT2D eigenvalue weighted by atomic mass is 32.2. The standard InChI is InChI=1S/C14H22N2O2S2/c1-16(10-11-3-2-4-11)20(17,18)14-7-8-19-13(14)9-15-12-5-6-12/h7-8,11-12,15H,2-6,9-10H2,1H3. The van der Waals surface area contributed by atoms with Crippen molar-refractivity contribution in [1.29, 1.82) is 0 Å². The molecule has 0 atom stereocenters. The lowest BCUT2D eigenvalue weighted by Crippen LogP contribution is -2.34. The second kappa shape index (κ2) is 5.75. The molecular formula is C14H22N2O2S2. The number of nitrogens with one attached hydrogen (secondary N) is 1. The average Bonchev–Trinajstić information content (AvgIpc) is 3.07. The van der Waals surface area contributed by atoms with Crippen LogP contribution in [0.3, 0.4) is 0 Å². The van der Waals surface area contributed by atoms with Crippen LogP contribution >= 0.6 is 11.3 Å². The van der Waals surface area contributed by atoms with Crippen molar-refractivity contribution in [3.05, 3.63) is 16.3 Å². The summed E-state index contributed by atoms with van der Waals surface area (Å²) in [6.07, 6.45) is 6.01. The molecule has 2 aliphatic carbocycles. The van der Waals surface area contributed by atoms with E-state index in [1.54, 1.807) is 17.4 Å². The van der Waals surface area contributed by atoms with Crippen LogP contribution in [0, 0.1) is 5.92 Å². The number of hydrogen-bond acceptors (Lipinski definition) is 4. The molecule has 1 aromatic heterocycles. The van der Waals surface area contributed by atoms with Gasteiger partial charge in [-0.25, -0.2) is 12.7 Å². The van der Waals surface area contributed by atoms with Crippen LogP contribution in [0.25, 0.3) is 0 Å². The van der Waals surface area contributed by atoms with Crippen molar-refractivity contribution in [2.24, 2.45) is 5.92 Å². The summed E-state index contributed by atoms with van der Waals surface area (Å²) in [5.74, 6) is 0.557. The van der Waals surface area contributed by atoms with E-state index in [4.69, 9.17) is 0 Å². The minimum absolute atomic E-state index is 0.498. The van der Waals surface area contributed by atoms with Gasteiger partial charge in [-0.15, -0.1) is 11.3 Å². The van der Waals surface area contributed by atoms with E-state index in [9.17, 15) is 8.42 Å². The Bertz CT molecular complexity index is 559. The molecule has 0 spiro atoms. The molecule has 0 saturated heterocycles. The van der Waals surface area contributed by atoms with Gasteiger partial charge in [0.1, 0.15) is 0 Å². The maximum Gasteiger partial charge on any atom is 0.243 e. The van der Waals surface area contributed by atoms with Gasteiger partial charge in [0, 0.05) is 31.1 Å². The summed E-state index contributed by atoms with van der Waals surface area (Å²) < 4.78 is 26.9. The lowest BCUT2D eigenvalue weighted by Gasteiger charge is -2.29.